The van der Waals surface area contributed by atoms with Crippen molar-refractivity contribution in [3.63, 3.8) is 0 Å². The molecule has 0 bridgehead atoms. The van der Waals surface area contributed by atoms with E-state index < -0.39 is 0 Å². The largest absolute Gasteiger partial charge is 0.364 e. The second-order valence-corrected chi connectivity index (χ2v) is 6.06. The van der Waals surface area contributed by atoms with Crippen LogP contribution in [0.15, 0.2) is 18.2 Å². The van der Waals surface area contributed by atoms with Crippen molar-refractivity contribution in [2.75, 3.05) is 24.5 Å². The first-order chi connectivity index (χ1) is 9.32. The Morgan fingerprint density at radius 3 is 2.60 bits per heavy atom. The summed E-state index contributed by atoms with van der Waals surface area (Å²) >= 11 is 6.20. The highest BCUT2D eigenvalue weighted by Gasteiger charge is 2.27. The quantitative estimate of drug-likeness (QED) is 0.618. The molecule has 0 radical (unpaired) electrons. The standard InChI is InChI=1S/C14H22ClN3O2/c1-4-8-17(10-14(2,3)9-16)13-11(15)6-5-7-12(13)18(19)20/h5-7H,4,8-10,16H2,1-3H3. The first-order valence-electron chi connectivity index (χ1n) is 6.70. The van der Waals surface area contributed by atoms with E-state index in [2.05, 4.69) is 0 Å². The van der Waals surface area contributed by atoms with Crippen LogP contribution in [-0.2, 0) is 0 Å². The van der Waals surface area contributed by atoms with Crippen LogP contribution in [0, 0.1) is 15.5 Å². The second kappa shape index (κ2) is 6.90. The van der Waals surface area contributed by atoms with Gasteiger partial charge < -0.3 is 10.6 Å². The molecule has 0 aliphatic rings. The second-order valence-electron chi connectivity index (χ2n) is 5.65. The van der Waals surface area contributed by atoms with E-state index in [-0.39, 0.29) is 16.0 Å². The highest BCUT2D eigenvalue weighted by molar-refractivity contribution is 6.33. The molecule has 6 heteroatoms. The predicted octanol–water partition coefficient (Wildman–Crippen LogP) is 3.45. The zero-order valence-corrected chi connectivity index (χ0v) is 13.0. The lowest BCUT2D eigenvalue weighted by Gasteiger charge is -2.33. The van der Waals surface area contributed by atoms with Gasteiger partial charge in [0.05, 0.1) is 9.95 Å². The normalized spacial score (nSPS) is 11.4. The molecular weight excluding hydrogens is 278 g/mol. The number of anilines is 1. The smallest absolute Gasteiger partial charge is 0.294 e. The molecule has 0 aromatic heterocycles. The number of rotatable bonds is 7. The first kappa shape index (κ1) is 16.7. The Balaban J connectivity index is 3.24. The van der Waals surface area contributed by atoms with Crippen LogP contribution in [0.3, 0.4) is 0 Å². The highest BCUT2D eigenvalue weighted by Crippen LogP contribution is 2.36. The van der Waals surface area contributed by atoms with Gasteiger partial charge in [-0.1, -0.05) is 38.4 Å². The average molecular weight is 300 g/mol. The summed E-state index contributed by atoms with van der Waals surface area (Å²) in [5.74, 6) is 0. The fraction of sp³-hybridized carbons (Fsp3) is 0.571. The molecule has 0 saturated heterocycles. The van der Waals surface area contributed by atoms with E-state index in [1.54, 1.807) is 12.1 Å². The van der Waals surface area contributed by atoms with Crippen molar-refractivity contribution in [2.45, 2.75) is 27.2 Å². The zero-order chi connectivity index (χ0) is 15.3. The number of nitro benzene ring substituents is 1. The van der Waals surface area contributed by atoms with Crippen molar-refractivity contribution < 1.29 is 4.92 Å². The minimum atomic E-state index is -0.390. The van der Waals surface area contributed by atoms with Crippen LogP contribution in [0.1, 0.15) is 27.2 Å². The first-order valence-corrected chi connectivity index (χ1v) is 7.08. The molecule has 112 valence electrons. The van der Waals surface area contributed by atoms with E-state index in [4.69, 9.17) is 17.3 Å². The Labute approximate surface area is 124 Å². The molecule has 0 aliphatic heterocycles. The van der Waals surface area contributed by atoms with Crippen LogP contribution in [0.5, 0.6) is 0 Å². The summed E-state index contributed by atoms with van der Waals surface area (Å²) in [7, 11) is 0. The number of halogens is 1. The van der Waals surface area contributed by atoms with E-state index in [1.807, 2.05) is 25.7 Å². The molecule has 0 aliphatic carbocycles. The van der Waals surface area contributed by atoms with Crippen molar-refractivity contribution >= 4 is 23.0 Å². The molecule has 0 fully saturated rings. The molecule has 5 nitrogen and oxygen atoms in total. The molecular formula is C14H22ClN3O2. The van der Waals surface area contributed by atoms with Crippen molar-refractivity contribution in [1.29, 1.82) is 0 Å². The third-order valence-electron chi connectivity index (χ3n) is 3.14. The Morgan fingerprint density at radius 2 is 2.10 bits per heavy atom. The van der Waals surface area contributed by atoms with Gasteiger partial charge in [0, 0.05) is 19.2 Å². The SMILES string of the molecule is CCCN(CC(C)(C)CN)c1c(Cl)cccc1[N+](=O)[O-]. The van der Waals surface area contributed by atoms with Crippen LogP contribution < -0.4 is 10.6 Å². The molecule has 2 N–H and O–H groups in total. The monoisotopic (exact) mass is 299 g/mol. The van der Waals surface area contributed by atoms with E-state index >= 15 is 0 Å². The minimum absolute atomic E-state index is 0.0405. The summed E-state index contributed by atoms with van der Waals surface area (Å²) in [6.07, 6.45) is 0.878. The summed E-state index contributed by atoms with van der Waals surface area (Å²) in [4.78, 5) is 12.8. The third kappa shape index (κ3) is 4.08. The molecule has 0 saturated carbocycles. The molecule has 0 unspecified atom stereocenters. The highest BCUT2D eigenvalue weighted by atomic mass is 35.5. The van der Waals surface area contributed by atoms with Gasteiger partial charge in [-0.2, -0.15) is 0 Å². The number of hydrogen-bond acceptors (Lipinski definition) is 4. The fourth-order valence-electron chi connectivity index (χ4n) is 2.09. The molecule has 1 aromatic carbocycles. The van der Waals surface area contributed by atoms with Crippen LogP contribution in [0.2, 0.25) is 5.02 Å². The average Bonchev–Trinajstić information content (AvgIpc) is 2.37. The fourth-order valence-corrected chi connectivity index (χ4v) is 2.37. The number of nitrogens with two attached hydrogens (primary N) is 1. The number of benzene rings is 1. The van der Waals surface area contributed by atoms with Gasteiger partial charge in [-0.3, -0.25) is 10.1 Å². The van der Waals surface area contributed by atoms with E-state index in [0.29, 0.717) is 30.3 Å². The molecule has 1 aromatic rings. The van der Waals surface area contributed by atoms with Gasteiger partial charge in [-0.15, -0.1) is 0 Å². The Morgan fingerprint density at radius 1 is 1.45 bits per heavy atom. The number of para-hydroxylation sites is 1. The van der Waals surface area contributed by atoms with Gasteiger partial charge in [0.2, 0.25) is 0 Å². The third-order valence-corrected chi connectivity index (χ3v) is 3.45. The van der Waals surface area contributed by atoms with Gasteiger partial charge in [0.25, 0.3) is 5.69 Å². The number of nitrogens with zero attached hydrogens (tertiary/aromatic N) is 2. The Hall–Kier alpha value is -1.33. The van der Waals surface area contributed by atoms with E-state index in [0.717, 1.165) is 6.42 Å². The molecule has 0 heterocycles. The number of hydrogen-bond donors (Lipinski definition) is 1. The van der Waals surface area contributed by atoms with Gasteiger partial charge >= 0.3 is 0 Å². The predicted molar refractivity (Wildman–Crippen MR) is 83.4 cm³/mol. The Bertz CT molecular complexity index is 477. The van der Waals surface area contributed by atoms with Crippen molar-refractivity contribution in [3.05, 3.63) is 33.3 Å². The molecule has 0 spiro atoms. The maximum Gasteiger partial charge on any atom is 0.294 e. The van der Waals surface area contributed by atoms with Gasteiger partial charge in [-0.05, 0) is 24.4 Å². The van der Waals surface area contributed by atoms with Gasteiger partial charge in [0.15, 0.2) is 0 Å². The minimum Gasteiger partial charge on any atom is -0.364 e. The van der Waals surface area contributed by atoms with Gasteiger partial charge in [0.1, 0.15) is 5.69 Å². The summed E-state index contributed by atoms with van der Waals surface area (Å²) in [5, 5.41) is 11.6. The molecule has 0 atom stereocenters. The lowest BCUT2D eigenvalue weighted by atomic mass is 9.92. The maximum absolute atomic E-state index is 11.2. The van der Waals surface area contributed by atoms with Crippen molar-refractivity contribution in [1.82, 2.24) is 0 Å². The van der Waals surface area contributed by atoms with Crippen LogP contribution in [-0.4, -0.2) is 24.6 Å². The zero-order valence-electron chi connectivity index (χ0n) is 12.2. The lowest BCUT2D eigenvalue weighted by molar-refractivity contribution is -0.384. The summed E-state index contributed by atoms with van der Waals surface area (Å²) in [5.41, 5.74) is 6.16. The Kier molecular flexibility index (Phi) is 5.77. The summed E-state index contributed by atoms with van der Waals surface area (Å²) in [6.45, 7) is 7.95. The molecule has 1 rings (SSSR count). The maximum atomic E-state index is 11.2. The van der Waals surface area contributed by atoms with E-state index in [9.17, 15) is 10.1 Å². The topological polar surface area (TPSA) is 72.4 Å². The van der Waals surface area contributed by atoms with Gasteiger partial charge in [-0.25, -0.2) is 0 Å². The molecule has 20 heavy (non-hydrogen) atoms. The van der Waals surface area contributed by atoms with E-state index in [1.165, 1.54) is 6.07 Å². The summed E-state index contributed by atoms with van der Waals surface area (Å²) < 4.78 is 0. The number of nitro groups is 1. The summed E-state index contributed by atoms with van der Waals surface area (Å²) in [6, 6.07) is 4.77. The van der Waals surface area contributed by atoms with Crippen LogP contribution >= 0.6 is 11.6 Å². The lowest BCUT2D eigenvalue weighted by Crippen LogP contribution is -2.39. The van der Waals surface area contributed by atoms with Crippen LogP contribution in [0.25, 0.3) is 0 Å². The van der Waals surface area contributed by atoms with Crippen molar-refractivity contribution in [2.24, 2.45) is 11.1 Å². The van der Waals surface area contributed by atoms with Crippen LogP contribution in [0.4, 0.5) is 11.4 Å². The van der Waals surface area contributed by atoms with Crippen molar-refractivity contribution in [3.8, 4) is 0 Å². The molecule has 0 amide bonds.